The lowest BCUT2D eigenvalue weighted by atomic mass is 9.95. The summed E-state index contributed by atoms with van der Waals surface area (Å²) in [6.45, 7) is 6.74. The van der Waals surface area contributed by atoms with Crippen LogP contribution in [-0.4, -0.2) is 40.5 Å². The Kier molecular flexibility index (Phi) is 7.60. The van der Waals surface area contributed by atoms with Gasteiger partial charge in [-0.3, -0.25) is 14.5 Å². The highest BCUT2D eigenvalue weighted by atomic mass is 16.5. The molecule has 1 unspecified atom stereocenters. The number of amides is 1. The number of ketones is 1. The van der Waals surface area contributed by atoms with E-state index >= 15 is 0 Å². The zero-order chi connectivity index (χ0) is 28.4. The molecule has 5 rings (SSSR count). The predicted molar refractivity (Wildman–Crippen MR) is 155 cm³/mol. The fraction of sp³-hybridized carbons (Fsp3) is 0.281. The number of anilines is 1. The molecule has 8 nitrogen and oxygen atoms in total. The number of nitrogens with zero attached hydrogens (tertiary/aromatic N) is 2. The number of ether oxygens (including phenoxy) is 2. The number of benzene rings is 3. The molecule has 0 radical (unpaired) electrons. The third-order valence-corrected chi connectivity index (χ3v) is 7.33. The average Bonchev–Trinajstić information content (AvgIpc) is 3.48. The summed E-state index contributed by atoms with van der Waals surface area (Å²) < 4.78 is 11.1. The Morgan fingerprint density at radius 3 is 2.33 bits per heavy atom. The second kappa shape index (κ2) is 11.3. The molecule has 1 amide bonds. The van der Waals surface area contributed by atoms with Gasteiger partial charge in [0.1, 0.15) is 17.3 Å². The lowest BCUT2D eigenvalue weighted by Gasteiger charge is -2.23. The van der Waals surface area contributed by atoms with E-state index in [0.717, 1.165) is 35.9 Å². The Morgan fingerprint density at radius 1 is 0.975 bits per heavy atom. The molecule has 0 spiro atoms. The Bertz CT molecular complexity index is 1550. The number of hydrogen-bond acceptors (Lipinski definition) is 6. The minimum atomic E-state index is -0.904. The summed E-state index contributed by atoms with van der Waals surface area (Å²) in [4.78, 5) is 36.2. The number of hydrogen-bond donors (Lipinski definition) is 2. The minimum absolute atomic E-state index is 0.0143. The number of aromatic amines is 1. The summed E-state index contributed by atoms with van der Waals surface area (Å²) in [6, 6.07) is 17.0. The van der Waals surface area contributed by atoms with Crippen LogP contribution in [0.15, 0.2) is 66.2 Å². The molecule has 1 atom stereocenters. The number of Topliss-reactive ketones (excluding diaryl/α,β-unsaturated/α-hetero) is 1. The molecule has 1 aliphatic rings. The van der Waals surface area contributed by atoms with Gasteiger partial charge in [-0.15, -0.1) is 0 Å². The molecule has 3 aromatic carbocycles. The standard InChI is InChI=1S/C32H33N3O5/c1-5-6-7-16-40-24-14-10-22(11-15-24)29(36)27-28(21-8-12-23(39-4)13-9-21)35(31(38)30(27)37)32-33-25-17-19(2)20(3)18-26(25)34-32/h8-15,17-18,28,36H,5-7,16H2,1-4H3,(H,33,34)/b29-27+. The summed E-state index contributed by atoms with van der Waals surface area (Å²) in [5.41, 5.74) is 4.61. The number of fused-ring (bicyclic) bond motifs is 1. The van der Waals surface area contributed by atoms with Gasteiger partial charge in [0.2, 0.25) is 5.95 Å². The Balaban J connectivity index is 1.58. The molecule has 2 heterocycles. The van der Waals surface area contributed by atoms with E-state index in [9.17, 15) is 14.7 Å². The number of carbonyl (C=O) groups is 2. The number of aryl methyl sites for hydroxylation is 2. The first-order valence-electron chi connectivity index (χ1n) is 13.5. The van der Waals surface area contributed by atoms with Crippen LogP contribution in [0.2, 0.25) is 0 Å². The van der Waals surface area contributed by atoms with E-state index in [4.69, 9.17) is 9.47 Å². The Hall–Kier alpha value is -4.59. The van der Waals surface area contributed by atoms with Crippen LogP contribution >= 0.6 is 0 Å². The van der Waals surface area contributed by atoms with Gasteiger partial charge in [0.05, 0.1) is 36.4 Å². The molecule has 1 saturated heterocycles. The van der Waals surface area contributed by atoms with Gasteiger partial charge in [0, 0.05) is 5.56 Å². The highest BCUT2D eigenvalue weighted by Crippen LogP contribution is 2.42. The molecule has 0 saturated carbocycles. The molecule has 1 fully saturated rings. The summed E-state index contributed by atoms with van der Waals surface area (Å²) in [5.74, 6) is -0.283. The van der Waals surface area contributed by atoms with Crippen molar-refractivity contribution in [3.05, 3.63) is 88.5 Å². The first kappa shape index (κ1) is 27.0. The number of imidazole rings is 1. The lowest BCUT2D eigenvalue weighted by Crippen LogP contribution is -2.30. The van der Waals surface area contributed by atoms with Crippen molar-refractivity contribution in [1.29, 1.82) is 0 Å². The highest BCUT2D eigenvalue weighted by Gasteiger charge is 2.48. The van der Waals surface area contributed by atoms with Gasteiger partial charge in [0.25, 0.3) is 5.78 Å². The van der Waals surface area contributed by atoms with E-state index in [1.165, 1.54) is 4.90 Å². The number of methoxy groups -OCH3 is 1. The maximum atomic E-state index is 13.5. The van der Waals surface area contributed by atoms with Gasteiger partial charge in [-0.1, -0.05) is 31.9 Å². The molecule has 1 aromatic heterocycles. The van der Waals surface area contributed by atoms with Crippen molar-refractivity contribution in [1.82, 2.24) is 9.97 Å². The van der Waals surface area contributed by atoms with Crippen LogP contribution in [0.25, 0.3) is 16.8 Å². The molecule has 0 aliphatic carbocycles. The van der Waals surface area contributed by atoms with Crippen molar-refractivity contribution in [3.63, 3.8) is 0 Å². The van der Waals surface area contributed by atoms with Crippen molar-refractivity contribution in [3.8, 4) is 11.5 Å². The molecule has 0 bridgehead atoms. The van der Waals surface area contributed by atoms with Crippen LogP contribution in [0.1, 0.15) is 54.5 Å². The minimum Gasteiger partial charge on any atom is -0.507 e. The van der Waals surface area contributed by atoms with Gasteiger partial charge >= 0.3 is 5.91 Å². The number of rotatable bonds is 9. The molecule has 4 aromatic rings. The highest BCUT2D eigenvalue weighted by molar-refractivity contribution is 6.51. The molecule has 206 valence electrons. The number of H-pyrrole nitrogens is 1. The van der Waals surface area contributed by atoms with Crippen molar-refractivity contribution in [2.24, 2.45) is 0 Å². The van der Waals surface area contributed by atoms with Gasteiger partial charge in [-0.2, -0.15) is 0 Å². The van der Waals surface area contributed by atoms with Crippen molar-refractivity contribution < 1.29 is 24.2 Å². The molecule has 40 heavy (non-hydrogen) atoms. The Morgan fingerprint density at radius 2 is 1.65 bits per heavy atom. The fourth-order valence-electron chi connectivity index (χ4n) is 4.93. The van der Waals surface area contributed by atoms with Gasteiger partial charge in [-0.25, -0.2) is 4.98 Å². The molecule has 1 aliphatic heterocycles. The van der Waals surface area contributed by atoms with Crippen LogP contribution in [0.4, 0.5) is 5.95 Å². The number of aliphatic hydroxyl groups excluding tert-OH is 1. The van der Waals surface area contributed by atoms with Crippen LogP contribution in [-0.2, 0) is 9.59 Å². The topological polar surface area (TPSA) is 105 Å². The average molecular weight is 540 g/mol. The number of carbonyl (C=O) groups excluding carboxylic acids is 2. The molecular weight excluding hydrogens is 506 g/mol. The maximum absolute atomic E-state index is 13.5. The van der Waals surface area contributed by atoms with Gasteiger partial charge in [0.15, 0.2) is 0 Å². The zero-order valence-corrected chi connectivity index (χ0v) is 23.2. The van der Waals surface area contributed by atoms with Crippen molar-refractivity contribution in [2.45, 2.75) is 46.1 Å². The van der Waals surface area contributed by atoms with E-state index in [0.29, 0.717) is 34.7 Å². The predicted octanol–water partition coefficient (Wildman–Crippen LogP) is 6.38. The number of aromatic nitrogens is 2. The van der Waals surface area contributed by atoms with E-state index < -0.39 is 17.7 Å². The lowest BCUT2D eigenvalue weighted by molar-refractivity contribution is -0.132. The summed E-state index contributed by atoms with van der Waals surface area (Å²) >= 11 is 0. The van der Waals surface area contributed by atoms with E-state index in [-0.39, 0.29) is 17.3 Å². The SMILES string of the molecule is CCCCCOc1ccc(/C(O)=C2\C(=O)C(=O)N(c3nc4cc(C)c(C)cc4[nH]3)C2c2ccc(OC)cc2)cc1. The van der Waals surface area contributed by atoms with E-state index in [2.05, 4.69) is 16.9 Å². The molecule has 2 N–H and O–H groups in total. The smallest absolute Gasteiger partial charge is 0.302 e. The van der Waals surface area contributed by atoms with Gasteiger partial charge < -0.3 is 19.6 Å². The summed E-state index contributed by atoms with van der Waals surface area (Å²) in [7, 11) is 1.57. The monoisotopic (exact) mass is 539 g/mol. The van der Waals surface area contributed by atoms with E-state index in [1.807, 2.05) is 26.0 Å². The quantitative estimate of drug-likeness (QED) is 0.111. The first-order chi connectivity index (χ1) is 19.3. The Labute approximate surface area is 233 Å². The fourth-order valence-corrected chi connectivity index (χ4v) is 4.93. The summed E-state index contributed by atoms with van der Waals surface area (Å²) in [6.07, 6.45) is 3.16. The largest absolute Gasteiger partial charge is 0.507 e. The first-order valence-corrected chi connectivity index (χ1v) is 13.5. The zero-order valence-electron chi connectivity index (χ0n) is 23.2. The third-order valence-electron chi connectivity index (χ3n) is 7.33. The van der Waals surface area contributed by atoms with Crippen molar-refractivity contribution in [2.75, 3.05) is 18.6 Å². The van der Waals surface area contributed by atoms with Crippen molar-refractivity contribution >= 4 is 34.4 Å². The second-order valence-electron chi connectivity index (χ2n) is 10.0. The van der Waals surface area contributed by atoms with Gasteiger partial charge in [-0.05, 0) is 85.5 Å². The second-order valence-corrected chi connectivity index (χ2v) is 10.0. The summed E-state index contributed by atoms with van der Waals surface area (Å²) in [5, 5.41) is 11.4. The third kappa shape index (κ3) is 5.04. The normalized spacial score (nSPS) is 16.6. The molecular formula is C32H33N3O5. The molecule has 8 heteroatoms. The number of unbranched alkanes of at least 4 members (excludes halogenated alkanes) is 2. The van der Waals surface area contributed by atoms with Crippen LogP contribution in [0.5, 0.6) is 11.5 Å². The maximum Gasteiger partial charge on any atom is 0.302 e. The van der Waals surface area contributed by atoms with Crippen LogP contribution in [0.3, 0.4) is 0 Å². The van der Waals surface area contributed by atoms with Crippen LogP contribution in [0, 0.1) is 13.8 Å². The van der Waals surface area contributed by atoms with Crippen LogP contribution < -0.4 is 14.4 Å². The van der Waals surface area contributed by atoms with E-state index in [1.54, 1.807) is 55.6 Å². The number of nitrogens with one attached hydrogen (secondary N) is 1. The number of aliphatic hydroxyl groups is 1.